The van der Waals surface area contributed by atoms with Crippen molar-refractivity contribution >= 4 is 17.9 Å². The summed E-state index contributed by atoms with van der Waals surface area (Å²) < 4.78 is 4.96. The molecule has 1 aliphatic heterocycles. The smallest absolute Gasteiger partial charge is 0.328 e. The van der Waals surface area contributed by atoms with Gasteiger partial charge in [-0.1, -0.05) is 60.7 Å². The molecule has 146 valence electrons. The summed E-state index contributed by atoms with van der Waals surface area (Å²) in [5.74, 6) is -2.62. The first-order valence-electron chi connectivity index (χ1n) is 8.68. The van der Waals surface area contributed by atoms with Crippen molar-refractivity contribution in [3.8, 4) is 0 Å². The van der Waals surface area contributed by atoms with Gasteiger partial charge in [-0.15, -0.1) is 0 Å². The van der Waals surface area contributed by atoms with Crippen LogP contribution in [0.4, 0.5) is 4.79 Å². The van der Waals surface area contributed by atoms with Gasteiger partial charge in [0.05, 0.1) is 13.2 Å². The molecule has 1 saturated heterocycles. The second kappa shape index (κ2) is 8.20. The maximum atomic E-state index is 13.3. The molecule has 2 aromatic carbocycles. The first-order valence-corrected chi connectivity index (χ1v) is 8.68. The number of nitrogens with one attached hydrogen (secondary N) is 1. The average Bonchev–Trinajstić information content (AvgIpc) is 2.99. The van der Waals surface area contributed by atoms with Crippen LogP contribution >= 0.6 is 0 Å². The number of esters is 1. The van der Waals surface area contributed by atoms with Gasteiger partial charge in [-0.05, 0) is 11.1 Å². The summed E-state index contributed by atoms with van der Waals surface area (Å²) in [6.45, 7) is -1.83. The van der Waals surface area contributed by atoms with Crippen molar-refractivity contribution in [3.63, 3.8) is 0 Å². The van der Waals surface area contributed by atoms with Crippen molar-refractivity contribution in [2.24, 2.45) is 5.92 Å². The fraction of sp³-hybridized carbons (Fsp3) is 0.250. The van der Waals surface area contributed by atoms with E-state index in [9.17, 15) is 14.4 Å². The fourth-order valence-electron chi connectivity index (χ4n) is 3.08. The number of imide groups is 1. The van der Waals surface area contributed by atoms with E-state index in [1.54, 1.807) is 60.7 Å². The van der Waals surface area contributed by atoms with E-state index in [-0.39, 0.29) is 0 Å². The molecule has 3 rings (SSSR count). The minimum Gasteiger partial charge on any atom is -0.443 e. The molecule has 0 bridgehead atoms. The van der Waals surface area contributed by atoms with Gasteiger partial charge in [0.15, 0.2) is 12.3 Å². The standard InChI is InChI=1S/C20H20N2O6/c23-11-14(12-24)17(25)28-13-22-18(26)20(21-19(22)27,15-7-3-1-4-8-15)16-9-5-2-6-10-16/h1-10,14,23-24H,11-13H2,(H,21,27). The molecule has 1 aliphatic rings. The maximum absolute atomic E-state index is 13.3. The number of rotatable bonds is 7. The third-order valence-electron chi connectivity index (χ3n) is 4.63. The lowest BCUT2D eigenvalue weighted by Gasteiger charge is -2.28. The molecule has 28 heavy (non-hydrogen) atoms. The Morgan fingerprint density at radius 3 is 1.93 bits per heavy atom. The Balaban J connectivity index is 1.93. The molecule has 1 heterocycles. The van der Waals surface area contributed by atoms with E-state index >= 15 is 0 Å². The van der Waals surface area contributed by atoms with Gasteiger partial charge in [0.1, 0.15) is 5.92 Å². The van der Waals surface area contributed by atoms with Gasteiger partial charge in [0.25, 0.3) is 5.91 Å². The predicted octanol–water partition coefficient (Wildman–Crippen LogP) is 0.583. The van der Waals surface area contributed by atoms with E-state index in [0.717, 1.165) is 4.90 Å². The zero-order valence-corrected chi connectivity index (χ0v) is 14.9. The number of carbonyl (C=O) groups excluding carboxylic acids is 3. The van der Waals surface area contributed by atoms with Crippen molar-refractivity contribution in [1.29, 1.82) is 0 Å². The van der Waals surface area contributed by atoms with E-state index in [1.165, 1.54) is 0 Å². The number of hydrogen-bond donors (Lipinski definition) is 3. The SMILES string of the molecule is O=C(OCN1C(=O)NC(c2ccccc2)(c2ccccc2)C1=O)C(CO)CO. The highest BCUT2D eigenvalue weighted by Crippen LogP contribution is 2.35. The number of aliphatic hydroxyl groups is 2. The van der Waals surface area contributed by atoms with E-state index in [4.69, 9.17) is 14.9 Å². The van der Waals surface area contributed by atoms with E-state index < -0.39 is 49.3 Å². The lowest BCUT2D eigenvalue weighted by molar-refractivity contribution is -0.156. The van der Waals surface area contributed by atoms with Crippen LogP contribution in [-0.2, 0) is 19.9 Å². The number of benzene rings is 2. The summed E-state index contributed by atoms with van der Waals surface area (Å²) >= 11 is 0. The molecular formula is C20H20N2O6. The van der Waals surface area contributed by atoms with Gasteiger partial charge < -0.3 is 20.3 Å². The quantitative estimate of drug-likeness (QED) is 0.475. The second-order valence-electron chi connectivity index (χ2n) is 6.30. The van der Waals surface area contributed by atoms with Crippen LogP contribution in [0.1, 0.15) is 11.1 Å². The molecule has 8 heteroatoms. The number of hydrogen-bond acceptors (Lipinski definition) is 6. The summed E-state index contributed by atoms with van der Waals surface area (Å²) in [4.78, 5) is 38.5. The fourth-order valence-corrected chi connectivity index (χ4v) is 3.08. The molecule has 0 radical (unpaired) electrons. The van der Waals surface area contributed by atoms with Gasteiger partial charge in [0.2, 0.25) is 0 Å². The topological polar surface area (TPSA) is 116 Å². The molecule has 2 aromatic rings. The molecule has 3 amide bonds. The highest BCUT2D eigenvalue weighted by atomic mass is 16.5. The molecule has 0 spiro atoms. The minimum absolute atomic E-state index is 0.567. The zero-order chi connectivity index (χ0) is 20.1. The van der Waals surface area contributed by atoms with Gasteiger partial charge in [-0.25, -0.2) is 9.69 Å². The average molecular weight is 384 g/mol. The molecule has 3 N–H and O–H groups in total. The molecule has 0 aromatic heterocycles. The zero-order valence-electron chi connectivity index (χ0n) is 14.9. The monoisotopic (exact) mass is 384 g/mol. The van der Waals surface area contributed by atoms with Gasteiger partial charge in [-0.3, -0.25) is 9.59 Å². The lowest BCUT2D eigenvalue weighted by atomic mass is 9.83. The molecular weight excluding hydrogens is 364 g/mol. The summed E-state index contributed by atoms with van der Waals surface area (Å²) in [5, 5.41) is 20.8. The summed E-state index contributed by atoms with van der Waals surface area (Å²) in [6, 6.07) is 16.8. The molecule has 0 unspecified atom stereocenters. The summed E-state index contributed by atoms with van der Waals surface area (Å²) in [5.41, 5.74) is -0.312. The Morgan fingerprint density at radius 2 is 1.46 bits per heavy atom. The molecule has 0 atom stereocenters. The van der Waals surface area contributed by atoms with Crippen LogP contribution in [0.3, 0.4) is 0 Å². The van der Waals surface area contributed by atoms with Crippen LogP contribution < -0.4 is 5.32 Å². The molecule has 1 fully saturated rings. The Hall–Kier alpha value is -3.23. The lowest BCUT2D eigenvalue weighted by Crippen LogP contribution is -2.45. The number of aliphatic hydroxyl groups excluding tert-OH is 2. The van der Waals surface area contributed by atoms with Crippen LogP contribution in [0.2, 0.25) is 0 Å². The van der Waals surface area contributed by atoms with E-state index in [0.29, 0.717) is 11.1 Å². The van der Waals surface area contributed by atoms with Crippen molar-refractivity contribution in [1.82, 2.24) is 10.2 Å². The van der Waals surface area contributed by atoms with Crippen molar-refractivity contribution < 1.29 is 29.3 Å². The van der Waals surface area contributed by atoms with Crippen LogP contribution in [0, 0.1) is 5.92 Å². The van der Waals surface area contributed by atoms with Gasteiger partial charge >= 0.3 is 12.0 Å². The van der Waals surface area contributed by atoms with Crippen LogP contribution in [0.25, 0.3) is 0 Å². The Kier molecular flexibility index (Phi) is 5.72. The van der Waals surface area contributed by atoms with E-state index in [2.05, 4.69) is 5.32 Å². The maximum Gasteiger partial charge on any atom is 0.328 e. The van der Waals surface area contributed by atoms with Crippen molar-refractivity contribution in [3.05, 3.63) is 71.8 Å². The highest BCUT2D eigenvalue weighted by molar-refractivity contribution is 6.09. The van der Waals surface area contributed by atoms with Crippen LogP contribution in [0.5, 0.6) is 0 Å². The molecule has 0 aliphatic carbocycles. The molecule has 8 nitrogen and oxygen atoms in total. The van der Waals surface area contributed by atoms with Crippen molar-refractivity contribution in [2.75, 3.05) is 19.9 Å². The summed E-state index contributed by atoms with van der Waals surface area (Å²) in [6.07, 6.45) is 0. The second-order valence-corrected chi connectivity index (χ2v) is 6.30. The van der Waals surface area contributed by atoms with Crippen molar-refractivity contribution in [2.45, 2.75) is 5.54 Å². The Morgan fingerprint density at radius 1 is 0.964 bits per heavy atom. The van der Waals surface area contributed by atoms with Crippen LogP contribution in [0.15, 0.2) is 60.7 Å². The Bertz CT molecular complexity index is 812. The number of carbonyl (C=O) groups is 3. The largest absolute Gasteiger partial charge is 0.443 e. The van der Waals surface area contributed by atoms with Gasteiger partial charge in [-0.2, -0.15) is 0 Å². The normalized spacial score (nSPS) is 15.6. The van der Waals surface area contributed by atoms with E-state index in [1.807, 2.05) is 0 Å². The predicted molar refractivity (Wildman–Crippen MR) is 97.7 cm³/mol. The third-order valence-corrected chi connectivity index (χ3v) is 4.63. The number of urea groups is 1. The van der Waals surface area contributed by atoms with Gasteiger partial charge in [0, 0.05) is 0 Å². The third kappa shape index (κ3) is 3.35. The first kappa shape index (κ1) is 19.5. The first-order chi connectivity index (χ1) is 13.5. The number of ether oxygens (including phenoxy) is 1. The van der Waals surface area contributed by atoms with Crippen LogP contribution in [-0.4, -0.2) is 53.0 Å². The summed E-state index contributed by atoms with van der Waals surface area (Å²) in [7, 11) is 0. The number of nitrogens with zero attached hydrogens (tertiary/aromatic N) is 1. The Labute approximate surface area is 161 Å². The molecule has 0 saturated carbocycles. The number of amides is 3. The highest BCUT2D eigenvalue weighted by Gasteiger charge is 2.54. The minimum atomic E-state index is -1.45.